The molecule has 112 valence electrons. The second-order valence-electron chi connectivity index (χ2n) is 5.97. The normalized spacial score (nSPS) is 23.4. The zero-order chi connectivity index (χ0) is 14.8. The molecule has 2 heterocycles. The van der Waals surface area contributed by atoms with E-state index in [1.165, 1.54) is 5.56 Å². The molecule has 1 fully saturated rings. The van der Waals surface area contributed by atoms with Crippen molar-refractivity contribution in [3.8, 4) is 11.5 Å². The molecular weight excluding hydrogens is 264 g/mol. The SMILES string of the molecule is Cc1ccc(-c2nc(CN3CC(C)NCC3C)no2)cc1. The zero-order valence-corrected chi connectivity index (χ0v) is 12.8. The molecule has 0 radical (unpaired) electrons. The van der Waals surface area contributed by atoms with Crippen molar-refractivity contribution in [3.63, 3.8) is 0 Å². The zero-order valence-electron chi connectivity index (χ0n) is 12.8. The summed E-state index contributed by atoms with van der Waals surface area (Å²) in [5, 5.41) is 7.60. The molecule has 0 amide bonds. The number of hydrogen-bond acceptors (Lipinski definition) is 5. The van der Waals surface area contributed by atoms with Crippen molar-refractivity contribution in [3.05, 3.63) is 35.7 Å². The van der Waals surface area contributed by atoms with E-state index in [1.807, 2.05) is 12.1 Å². The molecule has 1 aromatic heterocycles. The van der Waals surface area contributed by atoms with E-state index in [9.17, 15) is 0 Å². The van der Waals surface area contributed by atoms with E-state index in [2.05, 4.69) is 53.3 Å². The molecular formula is C16H22N4O. The van der Waals surface area contributed by atoms with Crippen LogP contribution in [0.25, 0.3) is 11.5 Å². The van der Waals surface area contributed by atoms with Gasteiger partial charge >= 0.3 is 0 Å². The molecule has 0 spiro atoms. The van der Waals surface area contributed by atoms with Crippen LogP contribution in [-0.2, 0) is 6.54 Å². The highest BCUT2D eigenvalue weighted by atomic mass is 16.5. The van der Waals surface area contributed by atoms with Gasteiger partial charge in [-0.15, -0.1) is 0 Å². The van der Waals surface area contributed by atoms with Crippen LogP contribution in [0.2, 0.25) is 0 Å². The van der Waals surface area contributed by atoms with Crippen LogP contribution in [-0.4, -0.2) is 40.2 Å². The lowest BCUT2D eigenvalue weighted by atomic mass is 10.1. The predicted octanol–water partition coefficient (Wildman–Crippen LogP) is 2.23. The molecule has 3 rings (SSSR count). The van der Waals surface area contributed by atoms with Crippen molar-refractivity contribution in [2.75, 3.05) is 13.1 Å². The average Bonchev–Trinajstić information content (AvgIpc) is 2.92. The summed E-state index contributed by atoms with van der Waals surface area (Å²) in [6.45, 7) is 9.24. The molecule has 21 heavy (non-hydrogen) atoms. The summed E-state index contributed by atoms with van der Waals surface area (Å²) in [5.74, 6) is 1.35. The fourth-order valence-corrected chi connectivity index (χ4v) is 2.63. The van der Waals surface area contributed by atoms with Crippen LogP contribution >= 0.6 is 0 Å². The Balaban J connectivity index is 1.71. The second kappa shape index (κ2) is 5.95. The summed E-state index contributed by atoms with van der Waals surface area (Å²) >= 11 is 0. The number of nitrogens with zero attached hydrogens (tertiary/aromatic N) is 3. The van der Waals surface area contributed by atoms with E-state index in [0.717, 1.165) is 31.0 Å². The number of nitrogens with one attached hydrogen (secondary N) is 1. The van der Waals surface area contributed by atoms with Gasteiger partial charge in [-0.2, -0.15) is 4.98 Å². The minimum Gasteiger partial charge on any atom is -0.334 e. The molecule has 0 aliphatic carbocycles. The first-order valence-electron chi connectivity index (χ1n) is 7.49. The first kappa shape index (κ1) is 14.2. The van der Waals surface area contributed by atoms with E-state index in [0.29, 0.717) is 18.0 Å². The lowest BCUT2D eigenvalue weighted by Crippen LogP contribution is -2.53. The maximum atomic E-state index is 5.39. The van der Waals surface area contributed by atoms with Crippen molar-refractivity contribution in [2.45, 2.75) is 39.4 Å². The van der Waals surface area contributed by atoms with Gasteiger partial charge in [0.1, 0.15) is 0 Å². The lowest BCUT2D eigenvalue weighted by molar-refractivity contribution is 0.134. The molecule has 0 bridgehead atoms. The summed E-state index contributed by atoms with van der Waals surface area (Å²) in [4.78, 5) is 6.92. The van der Waals surface area contributed by atoms with Crippen LogP contribution in [0.5, 0.6) is 0 Å². The van der Waals surface area contributed by atoms with E-state index in [1.54, 1.807) is 0 Å². The van der Waals surface area contributed by atoms with Crippen molar-refractivity contribution in [1.29, 1.82) is 0 Å². The quantitative estimate of drug-likeness (QED) is 0.937. The maximum absolute atomic E-state index is 5.39. The van der Waals surface area contributed by atoms with Gasteiger partial charge in [0.2, 0.25) is 0 Å². The van der Waals surface area contributed by atoms with Crippen molar-refractivity contribution < 1.29 is 4.52 Å². The highest BCUT2D eigenvalue weighted by Crippen LogP contribution is 2.18. The molecule has 1 aliphatic heterocycles. The summed E-state index contributed by atoms with van der Waals surface area (Å²) in [5.41, 5.74) is 2.20. The van der Waals surface area contributed by atoms with Gasteiger partial charge in [-0.3, -0.25) is 4.90 Å². The minimum absolute atomic E-state index is 0.488. The third-order valence-electron chi connectivity index (χ3n) is 4.00. The molecule has 1 N–H and O–H groups in total. The fraction of sp³-hybridized carbons (Fsp3) is 0.500. The molecule has 2 unspecified atom stereocenters. The van der Waals surface area contributed by atoms with Crippen LogP contribution in [0, 0.1) is 6.92 Å². The number of piperazine rings is 1. The fourth-order valence-electron chi connectivity index (χ4n) is 2.63. The Morgan fingerprint density at radius 1 is 1.29 bits per heavy atom. The minimum atomic E-state index is 0.488. The number of rotatable bonds is 3. The first-order valence-corrected chi connectivity index (χ1v) is 7.49. The summed E-state index contributed by atoms with van der Waals surface area (Å²) in [7, 11) is 0. The number of aromatic nitrogens is 2. The first-order chi connectivity index (χ1) is 10.1. The van der Waals surface area contributed by atoms with Crippen LogP contribution in [0.1, 0.15) is 25.2 Å². The van der Waals surface area contributed by atoms with Crippen molar-refractivity contribution >= 4 is 0 Å². The van der Waals surface area contributed by atoms with Crippen molar-refractivity contribution in [1.82, 2.24) is 20.4 Å². The monoisotopic (exact) mass is 286 g/mol. The van der Waals surface area contributed by atoms with Crippen LogP contribution in [0.15, 0.2) is 28.8 Å². The smallest absolute Gasteiger partial charge is 0.257 e. The molecule has 5 heteroatoms. The Kier molecular flexibility index (Phi) is 4.03. The number of hydrogen-bond donors (Lipinski definition) is 1. The van der Waals surface area contributed by atoms with E-state index in [-0.39, 0.29) is 0 Å². The van der Waals surface area contributed by atoms with Crippen molar-refractivity contribution in [2.24, 2.45) is 0 Å². The van der Waals surface area contributed by atoms with Crippen LogP contribution in [0.4, 0.5) is 0 Å². The standard InChI is InChI=1S/C16H22N4O/c1-11-4-6-14(7-5-11)16-18-15(19-21-16)10-20-9-12(2)17-8-13(20)3/h4-7,12-13,17H,8-10H2,1-3H3. The summed E-state index contributed by atoms with van der Waals surface area (Å²) in [6.07, 6.45) is 0. The lowest BCUT2D eigenvalue weighted by Gasteiger charge is -2.36. The Bertz CT molecular complexity index is 593. The highest BCUT2D eigenvalue weighted by molar-refractivity contribution is 5.53. The Labute approximate surface area is 125 Å². The number of aryl methyl sites for hydroxylation is 1. The number of benzene rings is 1. The molecule has 1 aromatic carbocycles. The Hall–Kier alpha value is -1.72. The van der Waals surface area contributed by atoms with Crippen LogP contribution in [0.3, 0.4) is 0 Å². The van der Waals surface area contributed by atoms with Crippen LogP contribution < -0.4 is 5.32 Å². The molecule has 1 aliphatic rings. The molecule has 2 atom stereocenters. The summed E-state index contributed by atoms with van der Waals surface area (Å²) < 4.78 is 5.39. The van der Waals surface area contributed by atoms with Gasteiger partial charge in [-0.1, -0.05) is 22.9 Å². The highest BCUT2D eigenvalue weighted by Gasteiger charge is 2.23. The van der Waals surface area contributed by atoms with E-state index >= 15 is 0 Å². The van der Waals surface area contributed by atoms with Gasteiger partial charge in [0.05, 0.1) is 6.54 Å². The van der Waals surface area contributed by atoms with Gasteiger partial charge in [-0.25, -0.2) is 0 Å². The second-order valence-corrected chi connectivity index (χ2v) is 5.97. The Morgan fingerprint density at radius 3 is 2.81 bits per heavy atom. The van der Waals surface area contributed by atoms with Gasteiger partial charge in [0.25, 0.3) is 5.89 Å². The third-order valence-corrected chi connectivity index (χ3v) is 4.00. The molecule has 1 saturated heterocycles. The Morgan fingerprint density at radius 2 is 2.05 bits per heavy atom. The van der Waals surface area contributed by atoms with Gasteiger partial charge < -0.3 is 9.84 Å². The molecule has 5 nitrogen and oxygen atoms in total. The summed E-state index contributed by atoms with van der Waals surface area (Å²) in [6, 6.07) is 9.13. The molecule has 0 saturated carbocycles. The predicted molar refractivity (Wildman–Crippen MR) is 81.8 cm³/mol. The maximum Gasteiger partial charge on any atom is 0.257 e. The molecule has 2 aromatic rings. The van der Waals surface area contributed by atoms with Gasteiger partial charge in [-0.05, 0) is 32.9 Å². The topological polar surface area (TPSA) is 54.2 Å². The van der Waals surface area contributed by atoms with Gasteiger partial charge in [0.15, 0.2) is 5.82 Å². The average molecular weight is 286 g/mol. The van der Waals surface area contributed by atoms with Gasteiger partial charge in [0, 0.05) is 30.7 Å². The van der Waals surface area contributed by atoms with E-state index in [4.69, 9.17) is 4.52 Å². The largest absolute Gasteiger partial charge is 0.334 e. The van der Waals surface area contributed by atoms with E-state index < -0.39 is 0 Å². The third kappa shape index (κ3) is 3.31.